The summed E-state index contributed by atoms with van der Waals surface area (Å²) >= 11 is 3.36. The van der Waals surface area contributed by atoms with Crippen LogP contribution in [0.2, 0.25) is 0 Å². The quantitative estimate of drug-likeness (QED) is 0.837. The number of carbonyl (C=O) groups excluding carboxylic acids is 1. The summed E-state index contributed by atoms with van der Waals surface area (Å²) in [5.41, 5.74) is 8.26. The molecular weight excluding hydrogens is 356 g/mol. The molecule has 1 aliphatic heterocycles. The van der Waals surface area contributed by atoms with Gasteiger partial charge in [-0.1, -0.05) is 22.0 Å². The maximum absolute atomic E-state index is 12.6. The summed E-state index contributed by atoms with van der Waals surface area (Å²) in [4.78, 5) is 21.0. The van der Waals surface area contributed by atoms with Crippen LogP contribution in [0.15, 0.2) is 47.2 Å². The molecule has 1 amide bonds. The van der Waals surface area contributed by atoms with Crippen LogP contribution in [0.1, 0.15) is 15.9 Å². The summed E-state index contributed by atoms with van der Waals surface area (Å²) in [5, 5.41) is 0. The number of carbonyl (C=O) groups is 1. The van der Waals surface area contributed by atoms with Crippen molar-refractivity contribution in [3.8, 4) is 0 Å². The summed E-state index contributed by atoms with van der Waals surface area (Å²) in [6.45, 7) is 4.02. The third-order valence-corrected chi connectivity index (χ3v) is 4.53. The molecule has 5 nitrogen and oxygen atoms in total. The Morgan fingerprint density at radius 1 is 1.22 bits per heavy atom. The van der Waals surface area contributed by atoms with Crippen LogP contribution in [0.3, 0.4) is 0 Å². The zero-order valence-corrected chi connectivity index (χ0v) is 14.4. The second-order valence-electron chi connectivity index (χ2n) is 5.66. The van der Waals surface area contributed by atoms with E-state index in [1.807, 2.05) is 23.2 Å². The van der Waals surface area contributed by atoms with E-state index in [2.05, 4.69) is 31.9 Å². The number of amides is 1. The van der Waals surface area contributed by atoms with Gasteiger partial charge in [0.1, 0.15) is 0 Å². The van der Waals surface area contributed by atoms with E-state index >= 15 is 0 Å². The monoisotopic (exact) mass is 374 g/mol. The van der Waals surface area contributed by atoms with Crippen LogP contribution in [0.5, 0.6) is 0 Å². The summed E-state index contributed by atoms with van der Waals surface area (Å²) in [6.07, 6.45) is 3.67. The lowest BCUT2D eigenvalue weighted by Crippen LogP contribution is -2.48. The number of nitrogen functional groups attached to an aromatic ring is 1. The van der Waals surface area contributed by atoms with Crippen molar-refractivity contribution in [2.75, 3.05) is 31.9 Å². The fourth-order valence-electron chi connectivity index (χ4n) is 2.76. The van der Waals surface area contributed by atoms with Gasteiger partial charge in [-0.05, 0) is 29.8 Å². The first-order valence-corrected chi connectivity index (χ1v) is 8.38. The van der Waals surface area contributed by atoms with Crippen molar-refractivity contribution in [3.05, 3.63) is 58.3 Å². The molecule has 1 aromatic carbocycles. The summed E-state index contributed by atoms with van der Waals surface area (Å²) in [6, 6.07) is 9.43. The summed E-state index contributed by atoms with van der Waals surface area (Å²) in [7, 11) is 0. The Hall–Kier alpha value is -1.92. The Kier molecular flexibility index (Phi) is 4.93. The lowest BCUT2D eigenvalue weighted by atomic mass is 10.1. The highest BCUT2D eigenvalue weighted by molar-refractivity contribution is 9.10. The molecular formula is C17H19BrN4O. The molecule has 120 valence electrons. The van der Waals surface area contributed by atoms with Crippen molar-refractivity contribution in [1.29, 1.82) is 0 Å². The normalized spacial score (nSPS) is 15.6. The van der Waals surface area contributed by atoms with Gasteiger partial charge in [0, 0.05) is 55.3 Å². The molecule has 2 aromatic rings. The number of rotatable bonds is 3. The van der Waals surface area contributed by atoms with Crippen LogP contribution in [-0.4, -0.2) is 46.9 Å². The van der Waals surface area contributed by atoms with Gasteiger partial charge >= 0.3 is 0 Å². The molecule has 0 bridgehead atoms. The molecule has 1 aliphatic rings. The Balaban J connectivity index is 1.59. The van der Waals surface area contributed by atoms with E-state index in [0.717, 1.165) is 24.1 Å². The van der Waals surface area contributed by atoms with E-state index in [1.54, 1.807) is 18.3 Å². The Morgan fingerprint density at radius 3 is 2.65 bits per heavy atom. The minimum Gasteiger partial charge on any atom is -0.398 e. The van der Waals surface area contributed by atoms with Gasteiger partial charge in [0.15, 0.2) is 0 Å². The van der Waals surface area contributed by atoms with Crippen molar-refractivity contribution >= 4 is 27.5 Å². The number of hydrogen-bond donors (Lipinski definition) is 1. The molecule has 0 atom stereocenters. The second-order valence-corrected chi connectivity index (χ2v) is 6.58. The SMILES string of the molecule is Nc1cc(Br)ccc1C(=O)N1CCN(Cc2cccnc2)CC1. The van der Waals surface area contributed by atoms with Gasteiger partial charge in [-0.15, -0.1) is 0 Å². The number of halogens is 1. The predicted octanol–water partition coefficient (Wildman–Crippen LogP) is 2.38. The maximum atomic E-state index is 12.6. The van der Waals surface area contributed by atoms with E-state index < -0.39 is 0 Å². The smallest absolute Gasteiger partial charge is 0.256 e. The molecule has 0 spiro atoms. The second kappa shape index (κ2) is 7.10. The van der Waals surface area contributed by atoms with Gasteiger partial charge in [-0.3, -0.25) is 14.7 Å². The van der Waals surface area contributed by atoms with Crippen LogP contribution in [0, 0.1) is 0 Å². The molecule has 2 N–H and O–H groups in total. The van der Waals surface area contributed by atoms with Gasteiger partial charge in [0.2, 0.25) is 0 Å². The Morgan fingerprint density at radius 2 is 2.00 bits per heavy atom. The van der Waals surface area contributed by atoms with Crippen molar-refractivity contribution < 1.29 is 4.79 Å². The van der Waals surface area contributed by atoms with Crippen molar-refractivity contribution in [2.45, 2.75) is 6.54 Å². The summed E-state index contributed by atoms with van der Waals surface area (Å²) < 4.78 is 0.882. The third kappa shape index (κ3) is 3.89. The third-order valence-electron chi connectivity index (χ3n) is 4.03. The van der Waals surface area contributed by atoms with Crippen LogP contribution < -0.4 is 5.73 Å². The minimum absolute atomic E-state index is 0.0102. The molecule has 1 aromatic heterocycles. The van der Waals surface area contributed by atoms with Crippen LogP contribution in [0.4, 0.5) is 5.69 Å². The molecule has 6 heteroatoms. The van der Waals surface area contributed by atoms with E-state index in [-0.39, 0.29) is 5.91 Å². The number of hydrogen-bond acceptors (Lipinski definition) is 4. The number of nitrogens with two attached hydrogens (primary N) is 1. The molecule has 1 fully saturated rings. The van der Waals surface area contributed by atoms with E-state index in [1.165, 1.54) is 5.56 Å². The van der Waals surface area contributed by atoms with E-state index in [9.17, 15) is 4.79 Å². The van der Waals surface area contributed by atoms with Crippen molar-refractivity contribution in [2.24, 2.45) is 0 Å². The van der Waals surface area contributed by atoms with Gasteiger partial charge < -0.3 is 10.6 Å². The number of nitrogens with zero attached hydrogens (tertiary/aromatic N) is 3. The first kappa shape index (κ1) is 16.0. The molecule has 0 aliphatic carbocycles. The zero-order valence-electron chi connectivity index (χ0n) is 12.8. The largest absolute Gasteiger partial charge is 0.398 e. The first-order chi connectivity index (χ1) is 11.1. The summed E-state index contributed by atoms with van der Waals surface area (Å²) in [5.74, 6) is 0.0102. The molecule has 3 rings (SSSR count). The fourth-order valence-corrected chi connectivity index (χ4v) is 3.14. The molecule has 23 heavy (non-hydrogen) atoms. The molecule has 0 saturated carbocycles. The molecule has 2 heterocycles. The fraction of sp³-hybridized carbons (Fsp3) is 0.294. The van der Waals surface area contributed by atoms with Crippen LogP contribution in [0.25, 0.3) is 0 Å². The van der Waals surface area contributed by atoms with Crippen LogP contribution in [-0.2, 0) is 6.54 Å². The van der Waals surface area contributed by atoms with Crippen molar-refractivity contribution in [3.63, 3.8) is 0 Å². The predicted molar refractivity (Wildman–Crippen MR) is 94.0 cm³/mol. The standard InChI is InChI=1S/C17H19BrN4O/c18-14-3-4-15(16(19)10-14)17(23)22-8-6-21(7-9-22)12-13-2-1-5-20-11-13/h1-5,10-11H,6-9,12,19H2. The number of piperazine rings is 1. The highest BCUT2D eigenvalue weighted by Gasteiger charge is 2.23. The van der Waals surface area contributed by atoms with Gasteiger partial charge in [0.25, 0.3) is 5.91 Å². The zero-order chi connectivity index (χ0) is 16.2. The van der Waals surface area contributed by atoms with E-state index in [0.29, 0.717) is 24.3 Å². The lowest BCUT2D eigenvalue weighted by Gasteiger charge is -2.35. The first-order valence-electron chi connectivity index (χ1n) is 7.59. The van der Waals surface area contributed by atoms with Crippen molar-refractivity contribution in [1.82, 2.24) is 14.8 Å². The van der Waals surface area contributed by atoms with Crippen LogP contribution >= 0.6 is 15.9 Å². The number of aromatic nitrogens is 1. The molecule has 0 unspecified atom stereocenters. The molecule has 0 radical (unpaired) electrons. The average Bonchev–Trinajstić information content (AvgIpc) is 2.56. The van der Waals surface area contributed by atoms with Gasteiger partial charge in [-0.25, -0.2) is 0 Å². The highest BCUT2D eigenvalue weighted by Crippen LogP contribution is 2.21. The topological polar surface area (TPSA) is 62.5 Å². The number of pyridine rings is 1. The lowest BCUT2D eigenvalue weighted by molar-refractivity contribution is 0.0629. The van der Waals surface area contributed by atoms with Gasteiger partial charge in [-0.2, -0.15) is 0 Å². The Labute approximate surface area is 144 Å². The molecule has 1 saturated heterocycles. The number of anilines is 1. The minimum atomic E-state index is 0.0102. The maximum Gasteiger partial charge on any atom is 0.256 e. The average molecular weight is 375 g/mol. The Bertz CT molecular complexity index is 684. The van der Waals surface area contributed by atoms with E-state index in [4.69, 9.17) is 5.73 Å². The highest BCUT2D eigenvalue weighted by atomic mass is 79.9. The number of benzene rings is 1. The van der Waals surface area contributed by atoms with Gasteiger partial charge in [0.05, 0.1) is 5.56 Å².